The van der Waals surface area contributed by atoms with Crippen LogP contribution in [0.4, 0.5) is 0 Å². The maximum atomic E-state index is 10.2. The van der Waals surface area contributed by atoms with Crippen LogP contribution >= 0.6 is 0 Å². The van der Waals surface area contributed by atoms with Gasteiger partial charge in [-0.1, -0.05) is 6.58 Å². The molecule has 0 aliphatic carbocycles. The lowest BCUT2D eigenvalue weighted by Crippen LogP contribution is -1.95. The molecule has 13 heavy (non-hydrogen) atoms. The van der Waals surface area contributed by atoms with Crippen LogP contribution in [-0.2, 0) is 11.2 Å². The first-order valence-corrected chi connectivity index (χ1v) is 4.10. The van der Waals surface area contributed by atoms with Gasteiger partial charge in [0.15, 0.2) is 0 Å². The van der Waals surface area contributed by atoms with Gasteiger partial charge in [0.05, 0.1) is 6.20 Å². The van der Waals surface area contributed by atoms with E-state index in [1.54, 1.807) is 17.1 Å². The van der Waals surface area contributed by atoms with Crippen LogP contribution in [0.5, 0.6) is 0 Å². The molecule has 0 aliphatic rings. The Kier molecular flexibility index (Phi) is 3.25. The van der Waals surface area contributed by atoms with Crippen LogP contribution in [0.25, 0.3) is 6.20 Å². The molecule has 1 heterocycles. The smallest absolute Gasteiger partial charge is 0.303 e. The minimum atomic E-state index is -0.754. The number of hydrogen-bond donors (Lipinski definition) is 1. The summed E-state index contributed by atoms with van der Waals surface area (Å²) in [5.41, 5.74) is 1.04. The van der Waals surface area contributed by atoms with Gasteiger partial charge in [0, 0.05) is 18.8 Å². The molecule has 4 heteroatoms. The zero-order valence-electron chi connectivity index (χ0n) is 7.31. The number of carbonyl (C=O) groups is 1. The van der Waals surface area contributed by atoms with Gasteiger partial charge in [-0.2, -0.15) is 5.10 Å². The lowest BCUT2D eigenvalue weighted by Gasteiger charge is -1.92. The highest BCUT2D eigenvalue weighted by Gasteiger charge is 1.99. The van der Waals surface area contributed by atoms with Gasteiger partial charge in [-0.05, 0) is 18.4 Å². The Hall–Kier alpha value is -1.58. The fraction of sp³-hybridized carbons (Fsp3) is 0.333. The molecule has 0 unspecified atom stereocenters. The Morgan fingerprint density at radius 1 is 1.77 bits per heavy atom. The van der Waals surface area contributed by atoms with Gasteiger partial charge in [-0.3, -0.25) is 4.79 Å². The molecule has 0 fully saturated rings. The first-order valence-electron chi connectivity index (χ1n) is 4.10. The standard InChI is InChI=1S/C9H12N2O2/c1-2-11-7-8(6-10-11)4-3-5-9(12)13/h2,6-7H,1,3-5H2,(H,12,13). The third-order valence-corrected chi connectivity index (χ3v) is 1.70. The maximum absolute atomic E-state index is 10.2. The number of carboxylic acids is 1. The SMILES string of the molecule is C=Cn1cc(CCCC(=O)O)cn1. The van der Waals surface area contributed by atoms with Crippen molar-refractivity contribution >= 4 is 12.2 Å². The van der Waals surface area contributed by atoms with Gasteiger partial charge in [0.25, 0.3) is 0 Å². The number of aryl methyl sites for hydroxylation is 1. The van der Waals surface area contributed by atoms with Crippen LogP contribution < -0.4 is 0 Å². The van der Waals surface area contributed by atoms with Crippen molar-refractivity contribution in [1.29, 1.82) is 0 Å². The number of aliphatic carboxylic acids is 1. The zero-order chi connectivity index (χ0) is 9.68. The summed E-state index contributed by atoms with van der Waals surface area (Å²) in [7, 11) is 0. The van der Waals surface area contributed by atoms with E-state index in [1.165, 1.54) is 0 Å². The monoisotopic (exact) mass is 180 g/mol. The van der Waals surface area contributed by atoms with E-state index in [-0.39, 0.29) is 6.42 Å². The molecule has 0 saturated carbocycles. The summed E-state index contributed by atoms with van der Waals surface area (Å²) in [5.74, 6) is -0.754. The Labute approximate surface area is 76.5 Å². The molecule has 1 rings (SSSR count). The van der Waals surface area contributed by atoms with Gasteiger partial charge in [0.2, 0.25) is 0 Å². The van der Waals surface area contributed by atoms with E-state index < -0.39 is 5.97 Å². The molecular weight excluding hydrogens is 168 g/mol. The van der Waals surface area contributed by atoms with Crippen molar-refractivity contribution in [3.63, 3.8) is 0 Å². The summed E-state index contributed by atoms with van der Waals surface area (Å²) in [6.07, 6.45) is 6.77. The Balaban J connectivity index is 2.36. The summed E-state index contributed by atoms with van der Waals surface area (Å²) in [4.78, 5) is 10.2. The van der Waals surface area contributed by atoms with E-state index in [2.05, 4.69) is 11.7 Å². The van der Waals surface area contributed by atoms with Crippen LogP contribution in [-0.4, -0.2) is 20.9 Å². The molecular formula is C9H12N2O2. The molecule has 0 radical (unpaired) electrons. The zero-order valence-corrected chi connectivity index (χ0v) is 7.31. The lowest BCUT2D eigenvalue weighted by atomic mass is 10.1. The van der Waals surface area contributed by atoms with Crippen LogP contribution in [0.2, 0.25) is 0 Å². The second-order valence-corrected chi connectivity index (χ2v) is 2.76. The van der Waals surface area contributed by atoms with E-state index in [1.807, 2.05) is 6.20 Å². The molecule has 0 aliphatic heterocycles. The molecule has 0 saturated heterocycles. The predicted octanol–water partition coefficient (Wildman–Crippen LogP) is 1.39. The summed E-state index contributed by atoms with van der Waals surface area (Å²) >= 11 is 0. The third-order valence-electron chi connectivity index (χ3n) is 1.70. The van der Waals surface area contributed by atoms with Crippen LogP contribution in [0.15, 0.2) is 19.0 Å². The first-order chi connectivity index (χ1) is 6.22. The minimum Gasteiger partial charge on any atom is -0.481 e. The molecule has 0 bridgehead atoms. The van der Waals surface area contributed by atoms with Crippen molar-refractivity contribution in [2.75, 3.05) is 0 Å². The second-order valence-electron chi connectivity index (χ2n) is 2.76. The molecule has 0 spiro atoms. The highest BCUT2D eigenvalue weighted by Crippen LogP contribution is 2.03. The lowest BCUT2D eigenvalue weighted by molar-refractivity contribution is -0.137. The average Bonchev–Trinajstić information content (AvgIpc) is 2.52. The third kappa shape index (κ3) is 3.11. The summed E-state index contributed by atoms with van der Waals surface area (Å²) in [5, 5.41) is 12.4. The number of carboxylic acid groups (broad SMARTS) is 1. The predicted molar refractivity (Wildman–Crippen MR) is 49.2 cm³/mol. The molecule has 0 amide bonds. The van der Waals surface area contributed by atoms with Gasteiger partial charge in [0.1, 0.15) is 0 Å². The van der Waals surface area contributed by atoms with Gasteiger partial charge < -0.3 is 5.11 Å². The van der Waals surface area contributed by atoms with Crippen LogP contribution in [0.1, 0.15) is 18.4 Å². The van der Waals surface area contributed by atoms with E-state index in [0.29, 0.717) is 6.42 Å². The molecule has 70 valence electrons. The van der Waals surface area contributed by atoms with Crippen molar-refractivity contribution in [3.05, 3.63) is 24.5 Å². The molecule has 1 aromatic rings. The van der Waals surface area contributed by atoms with Crippen molar-refractivity contribution in [2.24, 2.45) is 0 Å². The van der Waals surface area contributed by atoms with E-state index in [0.717, 1.165) is 12.0 Å². The Bertz CT molecular complexity index is 304. The highest BCUT2D eigenvalue weighted by molar-refractivity contribution is 5.66. The normalized spacial score (nSPS) is 9.85. The first kappa shape index (κ1) is 9.51. The summed E-state index contributed by atoms with van der Waals surface area (Å²) in [6, 6.07) is 0. The van der Waals surface area contributed by atoms with Gasteiger partial charge in [-0.25, -0.2) is 4.68 Å². The number of hydrogen-bond acceptors (Lipinski definition) is 2. The van der Waals surface area contributed by atoms with Crippen molar-refractivity contribution in [2.45, 2.75) is 19.3 Å². The van der Waals surface area contributed by atoms with Crippen molar-refractivity contribution in [3.8, 4) is 0 Å². The van der Waals surface area contributed by atoms with E-state index in [4.69, 9.17) is 5.11 Å². The summed E-state index contributed by atoms with van der Waals surface area (Å²) in [6.45, 7) is 3.56. The van der Waals surface area contributed by atoms with E-state index >= 15 is 0 Å². The highest BCUT2D eigenvalue weighted by atomic mass is 16.4. The minimum absolute atomic E-state index is 0.208. The van der Waals surface area contributed by atoms with Crippen LogP contribution in [0, 0.1) is 0 Å². The second kappa shape index (κ2) is 4.45. The number of rotatable bonds is 5. The van der Waals surface area contributed by atoms with Crippen molar-refractivity contribution in [1.82, 2.24) is 9.78 Å². The Morgan fingerprint density at radius 3 is 3.08 bits per heavy atom. The molecule has 0 atom stereocenters. The van der Waals surface area contributed by atoms with E-state index in [9.17, 15) is 4.79 Å². The topological polar surface area (TPSA) is 55.1 Å². The molecule has 0 aromatic carbocycles. The molecule has 1 aromatic heterocycles. The quantitative estimate of drug-likeness (QED) is 0.745. The van der Waals surface area contributed by atoms with Gasteiger partial charge >= 0.3 is 5.97 Å². The number of nitrogens with zero attached hydrogens (tertiary/aromatic N) is 2. The summed E-state index contributed by atoms with van der Waals surface area (Å²) < 4.78 is 1.61. The fourth-order valence-corrected chi connectivity index (χ4v) is 1.05. The maximum Gasteiger partial charge on any atom is 0.303 e. The number of aromatic nitrogens is 2. The van der Waals surface area contributed by atoms with Crippen molar-refractivity contribution < 1.29 is 9.90 Å². The largest absolute Gasteiger partial charge is 0.481 e. The Morgan fingerprint density at radius 2 is 2.54 bits per heavy atom. The molecule has 1 N–H and O–H groups in total. The van der Waals surface area contributed by atoms with Gasteiger partial charge in [-0.15, -0.1) is 0 Å². The van der Waals surface area contributed by atoms with Crippen LogP contribution in [0.3, 0.4) is 0 Å². The molecule has 4 nitrogen and oxygen atoms in total. The fourth-order valence-electron chi connectivity index (χ4n) is 1.05. The average molecular weight is 180 g/mol.